The zero-order chi connectivity index (χ0) is 44.5. The Labute approximate surface area is 371 Å². The van der Waals surface area contributed by atoms with Crippen LogP contribution in [-0.2, 0) is 10.8 Å². The summed E-state index contributed by atoms with van der Waals surface area (Å²) in [6, 6.07) is 53.3. The summed E-state index contributed by atoms with van der Waals surface area (Å²) in [5, 5.41) is 30.1. The van der Waals surface area contributed by atoms with E-state index in [-0.39, 0.29) is 10.8 Å². The van der Waals surface area contributed by atoms with Gasteiger partial charge in [-0.25, -0.2) is 0 Å². The lowest BCUT2D eigenvalue weighted by atomic mass is 9.87. The van der Waals surface area contributed by atoms with Crippen molar-refractivity contribution in [2.75, 3.05) is 9.80 Å². The van der Waals surface area contributed by atoms with Gasteiger partial charge in [0.25, 0.3) is 0 Å². The second-order valence-corrected chi connectivity index (χ2v) is 31.1. The SMILES string of the molecule is CC(C)(C)c1ccc(N(c2ccc(C#N)cc2)c2cc([Si](C)(C)C)c3ccc4c(N(c5ccc(C#N)cc5)c5ccc(C(C)(C)C)cc5)cc([Si](C)(C)C)c5ccc2c3c45)cc1. The summed E-state index contributed by atoms with van der Waals surface area (Å²) in [6.45, 7) is 28.3. The van der Waals surface area contributed by atoms with Crippen molar-refractivity contribution < 1.29 is 0 Å². The fourth-order valence-corrected chi connectivity index (χ4v) is 12.2. The van der Waals surface area contributed by atoms with Crippen molar-refractivity contribution in [1.82, 2.24) is 0 Å². The third-order valence-corrected chi connectivity index (χ3v) is 16.5. The van der Waals surface area contributed by atoms with Crippen molar-refractivity contribution in [3.63, 3.8) is 0 Å². The highest BCUT2D eigenvalue weighted by Gasteiger charge is 2.31. The highest BCUT2D eigenvalue weighted by Crippen LogP contribution is 2.48. The lowest BCUT2D eigenvalue weighted by Gasteiger charge is -2.33. The molecule has 0 amide bonds. The van der Waals surface area contributed by atoms with Gasteiger partial charge in [-0.3, -0.25) is 0 Å². The van der Waals surface area contributed by atoms with Crippen LogP contribution >= 0.6 is 0 Å². The van der Waals surface area contributed by atoms with E-state index in [9.17, 15) is 10.5 Å². The number of nitrogens with zero attached hydrogens (tertiary/aromatic N) is 4. The first-order chi connectivity index (χ1) is 29.2. The van der Waals surface area contributed by atoms with Gasteiger partial charge in [-0.1, -0.05) is 140 Å². The van der Waals surface area contributed by atoms with E-state index in [2.05, 4.69) is 212 Å². The maximum atomic E-state index is 9.81. The average molecular weight is 843 g/mol. The molecule has 0 aromatic heterocycles. The molecule has 0 heterocycles. The van der Waals surface area contributed by atoms with Gasteiger partial charge in [0.1, 0.15) is 0 Å². The number of benzene rings is 8. The Bertz CT molecular complexity index is 2820. The Morgan fingerprint density at radius 1 is 0.387 bits per heavy atom. The number of nitriles is 2. The van der Waals surface area contributed by atoms with Crippen LogP contribution in [-0.4, -0.2) is 16.1 Å². The molecule has 0 aliphatic heterocycles. The molecule has 0 N–H and O–H groups in total. The van der Waals surface area contributed by atoms with Crippen LogP contribution in [0.4, 0.5) is 34.1 Å². The molecule has 6 heteroatoms. The van der Waals surface area contributed by atoms with Gasteiger partial charge in [-0.15, -0.1) is 0 Å². The van der Waals surface area contributed by atoms with Gasteiger partial charge in [0.2, 0.25) is 0 Å². The highest BCUT2D eigenvalue weighted by molar-refractivity contribution is 6.91. The summed E-state index contributed by atoms with van der Waals surface area (Å²) < 4.78 is 0. The van der Waals surface area contributed by atoms with Crippen LogP contribution in [0.2, 0.25) is 39.3 Å². The second-order valence-electron chi connectivity index (χ2n) is 21.0. The van der Waals surface area contributed by atoms with E-state index in [1.165, 1.54) is 53.8 Å². The molecule has 0 bridgehead atoms. The van der Waals surface area contributed by atoms with E-state index in [0.717, 1.165) is 34.1 Å². The lowest BCUT2D eigenvalue weighted by Crippen LogP contribution is -2.39. The summed E-state index contributed by atoms with van der Waals surface area (Å²) >= 11 is 0. The van der Waals surface area contributed by atoms with Gasteiger partial charge >= 0.3 is 0 Å². The maximum absolute atomic E-state index is 9.81. The number of hydrogen-bond acceptors (Lipinski definition) is 4. The minimum atomic E-state index is -1.97. The van der Waals surface area contributed by atoms with Gasteiger partial charge in [-0.05, 0) is 128 Å². The topological polar surface area (TPSA) is 54.1 Å². The van der Waals surface area contributed by atoms with Crippen molar-refractivity contribution in [2.24, 2.45) is 0 Å². The van der Waals surface area contributed by atoms with E-state index in [1.807, 2.05) is 24.3 Å². The molecule has 0 unspecified atom stereocenters. The maximum Gasteiger partial charge on any atom is 0.0991 e. The first-order valence-corrected chi connectivity index (χ1v) is 28.8. The molecule has 8 aromatic carbocycles. The van der Waals surface area contributed by atoms with Gasteiger partial charge in [0.05, 0.1) is 50.8 Å². The third kappa shape index (κ3) is 7.68. The molecule has 0 saturated carbocycles. The molecule has 8 rings (SSSR count). The standard InChI is InChI=1S/C56H58N4Si2/c1-55(2,3)39-17-25-43(26-18-39)59(41-21-13-37(35-57)14-22-41)49-33-51(61(7,8)9)47-32-30-46-50(34-52(62(10,11)12)48-31-29-45(49)53(47)54(46)48)60(42-23-15-38(36-58)16-24-42)44-27-19-40(20-28-44)56(4,5)6/h13-34H,1-12H3. The lowest BCUT2D eigenvalue weighted by molar-refractivity contribution is 0.590. The molecule has 0 radical (unpaired) electrons. The summed E-state index contributed by atoms with van der Waals surface area (Å²) in [4.78, 5) is 4.81. The van der Waals surface area contributed by atoms with Crippen LogP contribution in [0, 0.1) is 22.7 Å². The summed E-state index contributed by atoms with van der Waals surface area (Å²) in [5.74, 6) is 0. The molecule has 310 valence electrons. The number of rotatable bonds is 8. The van der Waals surface area contributed by atoms with E-state index in [1.54, 1.807) is 0 Å². The summed E-state index contributed by atoms with van der Waals surface area (Å²) in [5.41, 5.74) is 10.3. The van der Waals surface area contributed by atoms with Crippen molar-refractivity contribution >= 4 is 93.0 Å². The zero-order valence-electron chi connectivity index (χ0n) is 38.5. The fraction of sp³-hybridized carbons (Fsp3) is 0.250. The quantitative estimate of drug-likeness (QED) is 0.113. The number of anilines is 6. The summed E-state index contributed by atoms with van der Waals surface area (Å²) in [7, 11) is -3.94. The second kappa shape index (κ2) is 15.3. The normalized spacial score (nSPS) is 12.5. The van der Waals surface area contributed by atoms with E-state index in [4.69, 9.17) is 0 Å². The minimum Gasteiger partial charge on any atom is -0.310 e. The molecule has 0 atom stereocenters. The van der Waals surface area contributed by atoms with Crippen LogP contribution in [0.15, 0.2) is 133 Å². The van der Waals surface area contributed by atoms with Gasteiger partial charge in [0, 0.05) is 33.5 Å². The van der Waals surface area contributed by atoms with Gasteiger partial charge in [0.15, 0.2) is 0 Å². The molecule has 0 saturated heterocycles. The average Bonchev–Trinajstić information content (AvgIpc) is 3.23. The van der Waals surface area contributed by atoms with Crippen molar-refractivity contribution in [2.45, 2.75) is 91.7 Å². The van der Waals surface area contributed by atoms with Crippen molar-refractivity contribution in [1.29, 1.82) is 10.5 Å². The van der Waals surface area contributed by atoms with Crippen LogP contribution in [0.1, 0.15) is 63.8 Å². The molecule has 8 aromatic rings. The largest absolute Gasteiger partial charge is 0.310 e. The number of hydrogen-bond donors (Lipinski definition) is 0. The van der Waals surface area contributed by atoms with E-state index < -0.39 is 16.1 Å². The molecule has 0 aliphatic carbocycles. The highest BCUT2D eigenvalue weighted by atomic mass is 28.3. The van der Waals surface area contributed by atoms with E-state index in [0.29, 0.717) is 11.1 Å². The van der Waals surface area contributed by atoms with Gasteiger partial charge in [-0.2, -0.15) is 10.5 Å². The molecule has 4 nitrogen and oxygen atoms in total. The van der Waals surface area contributed by atoms with Gasteiger partial charge < -0.3 is 9.80 Å². The first kappa shape index (κ1) is 42.5. The predicted molar refractivity (Wildman–Crippen MR) is 272 cm³/mol. The Balaban J connectivity index is 1.51. The molecule has 0 aliphatic rings. The molecule has 0 fully saturated rings. The van der Waals surface area contributed by atoms with E-state index >= 15 is 0 Å². The minimum absolute atomic E-state index is 0.0157. The predicted octanol–water partition coefficient (Wildman–Crippen LogP) is 15.0. The Hall–Kier alpha value is -6.19. The smallest absolute Gasteiger partial charge is 0.0991 e. The van der Waals surface area contributed by atoms with Crippen molar-refractivity contribution in [3.05, 3.63) is 156 Å². The zero-order valence-corrected chi connectivity index (χ0v) is 40.5. The Morgan fingerprint density at radius 2 is 0.661 bits per heavy atom. The molecule has 0 spiro atoms. The Kier molecular flexibility index (Phi) is 10.5. The first-order valence-electron chi connectivity index (χ1n) is 21.8. The fourth-order valence-electron chi connectivity index (χ4n) is 9.01. The van der Waals surface area contributed by atoms with Crippen LogP contribution in [0.25, 0.3) is 32.3 Å². The molecular formula is C56H58N4Si2. The summed E-state index contributed by atoms with van der Waals surface area (Å²) in [6.07, 6.45) is 0. The van der Waals surface area contributed by atoms with Crippen LogP contribution in [0.5, 0.6) is 0 Å². The molecular weight excluding hydrogens is 785 g/mol. The monoisotopic (exact) mass is 842 g/mol. The Morgan fingerprint density at radius 3 is 0.919 bits per heavy atom. The molecule has 62 heavy (non-hydrogen) atoms. The van der Waals surface area contributed by atoms with Crippen molar-refractivity contribution in [3.8, 4) is 12.1 Å². The van der Waals surface area contributed by atoms with Crippen LogP contribution < -0.4 is 20.2 Å². The third-order valence-electron chi connectivity index (χ3n) is 12.4. The van der Waals surface area contributed by atoms with Crippen LogP contribution in [0.3, 0.4) is 0 Å².